The molecule has 3 aliphatic heterocycles. The molecule has 252 valence electrons. The van der Waals surface area contributed by atoms with Crippen molar-refractivity contribution in [3.05, 3.63) is 34.5 Å². The molecule has 9 rings (SSSR count). The summed E-state index contributed by atoms with van der Waals surface area (Å²) < 4.78 is 6.94. The number of hydrogen-bond donors (Lipinski definition) is 0. The zero-order valence-electron chi connectivity index (χ0n) is 31.2. The first-order chi connectivity index (χ1) is 21.0. The molecule has 4 fully saturated rings. The van der Waals surface area contributed by atoms with Crippen molar-refractivity contribution >= 4 is 11.8 Å². The second-order valence-corrected chi connectivity index (χ2v) is 20.7. The van der Waals surface area contributed by atoms with E-state index in [1.165, 1.54) is 64.2 Å². The van der Waals surface area contributed by atoms with E-state index in [-0.39, 0.29) is 21.3 Å². The van der Waals surface area contributed by atoms with E-state index in [1.807, 2.05) is 16.1 Å². The fourth-order valence-corrected chi connectivity index (χ4v) is 15.4. The first-order valence-electron chi connectivity index (χ1n) is 19.2. The third-order valence-electron chi connectivity index (χ3n) is 17.1. The van der Waals surface area contributed by atoms with Gasteiger partial charge in [-0.05, 0) is 154 Å². The van der Waals surface area contributed by atoms with Gasteiger partial charge in [-0.1, -0.05) is 79.5 Å². The van der Waals surface area contributed by atoms with E-state index in [0.717, 1.165) is 17.8 Å². The molecule has 9 aliphatic rings. The summed E-state index contributed by atoms with van der Waals surface area (Å²) in [6.45, 7) is 25.5. The molecule has 45 heavy (non-hydrogen) atoms. The van der Waals surface area contributed by atoms with Gasteiger partial charge in [0.15, 0.2) is 0 Å². The van der Waals surface area contributed by atoms with Gasteiger partial charge in [0.05, 0.1) is 6.26 Å². The molecule has 1 saturated heterocycles. The first kappa shape index (κ1) is 32.9. The molecule has 6 bridgehead atoms. The number of hydrogen-bond acceptors (Lipinski definition) is 3. The maximum absolute atomic E-state index is 6.68. The summed E-state index contributed by atoms with van der Waals surface area (Å²) in [5.41, 5.74) is 5.06. The van der Waals surface area contributed by atoms with E-state index in [0.29, 0.717) is 40.4 Å². The Morgan fingerprint density at radius 1 is 1.04 bits per heavy atom. The number of ether oxygens (including phenoxy) is 1. The first-order valence-corrected chi connectivity index (χ1v) is 20.0. The molecular weight excluding hydrogens is 567 g/mol. The highest BCUT2D eigenvalue weighted by Gasteiger charge is 2.71. The lowest BCUT2D eigenvalue weighted by Crippen LogP contribution is -2.64. The molecule has 3 heterocycles. The van der Waals surface area contributed by atoms with Crippen LogP contribution in [0.4, 0.5) is 0 Å². The van der Waals surface area contributed by atoms with Crippen LogP contribution in [0.2, 0.25) is 0 Å². The summed E-state index contributed by atoms with van der Waals surface area (Å²) in [6, 6.07) is 0. The van der Waals surface area contributed by atoms with Crippen LogP contribution in [0.3, 0.4) is 0 Å². The van der Waals surface area contributed by atoms with Crippen LogP contribution in [-0.2, 0) is 4.74 Å². The van der Waals surface area contributed by atoms with Crippen molar-refractivity contribution in [3.8, 4) is 0 Å². The molecule has 0 radical (unpaired) electrons. The predicted octanol–water partition coefficient (Wildman–Crippen LogP) is 11.3. The van der Waals surface area contributed by atoms with E-state index in [1.54, 1.807) is 0 Å². The van der Waals surface area contributed by atoms with Gasteiger partial charge in [-0.2, -0.15) is 0 Å². The van der Waals surface area contributed by atoms with Gasteiger partial charge in [0.1, 0.15) is 5.60 Å². The molecule has 6 unspecified atom stereocenters. The van der Waals surface area contributed by atoms with Gasteiger partial charge in [0, 0.05) is 15.7 Å². The van der Waals surface area contributed by atoms with Crippen LogP contribution < -0.4 is 0 Å². The van der Waals surface area contributed by atoms with Gasteiger partial charge in [-0.15, -0.1) is 11.8 Å². The van der Waals surface area contributed by atoms with E-state index in [2.05, 4.69) is 118 Å². The third-order valence-corrected chi connectivity index (χ3v) is 19.2. The molecule has 0 aromatic carbocycles. The second-order valence-electron chi connectivity index (χ2n) is 19.4. The van der Waals surface area contributed by atoms with Gasteiger partial charge in [0.2, 0.25) is 0 Å². The Kier molecular flexibility index (Phi) is 7.61. The highest BCUT2D eigenvalue weighted by Crippen LogP contribution is 2.79. The van der Waals surface area contributed by atoms with Crippen LogP contribution in [0.15, 0.2) is 34.5 Å². The van der Waals surface area contributed by atoms with Gasteiger partial charge in [0.25, 0.3) is 0 Å². The van der Waals surface area contributed by atoms with Crippen molar-refractivity contribution in [2.75, 3.05) is 14.1 Å². The zero-order chi connectivity index (χ0) is 32.5. The molecule has 0 amide bonds. The Morgan fingerprint density at radius 3 is 2.42 bits per heavy atom. The average molecular weight is 634 g/mol. The molecule has 3 saturated carbocycles. The topological polar surface area (TPSA) is 12.5 Å². The Morgan fingerprint density at radius 2 is 1.78 bits per heavy atom. The Labute approximate surface area is 282 Å². The van der Waals surface area contributed by atoms with Crippen molar-refractivity contribution in [2.45, 2.75) is 149 Å². The summed E-state index contributed by atoms with van der Waals surface area (Å²) in [5.74, 6) is 5.63. The molecule has 6 aliphatic carbocycles. The molecule has 11 atom stereocenters. The zero-order valence-corrected chi connectivity index (χ0v) is 32.0. The number of fused-ring (bicyclic) bond motifs is 3. The minimum atomic E-state index is 0.0163. The van der Waals surface area contributed by atoms with Gasteiger partial charge in [-0.25, -0.2) is 0 Å². The van der Waals surface area contributed by atoms with E-state index < -0.39 is 0 Å². The lowest BCUT2D eigenvalue weighted by atomic mass is 9.39. The minimum Gasteiger partial charge on any atom is -0.495 e. The highest BCUT2D eigenvalue weighted by molar-refractivity contribution is 8.04. The van der Waals surface area contributed by atoms with Crippen molar-refractivity contribution < 1.29 is 4.74 Å². The lowest BCUT2D eigenvalue weighted by Gasteiger charge is -2.68. The molecule has 2 nitrogen and oxygen atoms in total. The molecule has 0 aromatic heterocycles. The van der Waals surface area contributed by atoms with Crippen LogP contribution in [0.25, 0.3) is 0 Å². The van der Waals surface area contributed by atoms with Crippen molar-refractivity contribution in [1.29, 1.82) is 0 Å². The molecule has 3 heteroatoms. The second kappa shape index (κ2) is 10.4. The molecule has 0 N–H and O–H groups in total. The summed E-state index contributed by atoms with van der Waals surface area (Å²) >= 11 is 2.45. The largest absolute Gasteiger partial charge is 0.495 e. The lowest BCUT2D eigenvalue weighted by molar-refractivity contribution is -0.173. The van der Waals surface area contributed by atoms with E-state index in [9.17, 15) is 0 Å². The van der Waals surface area contributed by atoms with Crippen LogP contribution in [-0.4, -0.2) is 34.9 Å². The normalized spacial score (nSPS) is 46.6. The van der Waals surface area contributed by atoms with Crippen LogP contribution in [0.5, 0.6) is 0 Å². The van der Waals surface area contributed by atoms with Crippen LogP contribution in [0.1, 0.15) is 133 Å². The van der Waals surface area contributed by atoms with Crippen molar-refractivity contribution in [2.24, 2.45) is 63.6 Å². The number of allylic oxidation sites excluding steroid dienone is 4. The summed E-state index contributed by atoms with van der Waals surface area (Å²) in [5, 5.41) is 0. The van der Waals surface area contributed by atoms with E-state index >= 15 is 0 Å². The summed E-state index contributed by atoms with van der Waals surface area (Å²) in [7, 11) is 4.64. The average Bonchev–Trinajstić information content (AvgIpc) is 3.11. The summed E-state index contributed by atoms with van der Waals surface area (Å²) in [6.07, 6.45) is 20.9. The standard InChI is InChI=1S/C42H67NOS/c1-26(2)29(7)41-20-19-38(9)33-13-14-35-37(8)24-30-23-31(32(37)15-17-39(10,27(3)4)43(11)12)36(30)45-42(35,28(5)6)34(33)16-18-40(38,25-41)21-22-44-41/h16,21-22,26-30,32-33,35H,13-15,17-20,23-25H2,1-12H3/t29-,30?,32?,33?,35?,37-,38?,39+,40-,41-,42?/m1/s1. The molecule has 1 spiro atoms. The van der Waals surface area contributed by atoms with Crippen LogP contribution in [0, 0.1) is 63.6 Å². The number of nitrogens with zero attached hydrogens (tertiary/aromatic N) is 1. The van der Waals surface area contributed by atoms with Crippen molar-refractivity contribution in [1.82, 2.24) is 4.90 Å². The SMILES string of the molecule is CC(C)[C@@H](C)[C@]12CCC3(C)C4CCC5C(C(C)C)(SC6=C7CC6C[C@]5(C)C7CC[C@@](C)(C(C)C)N(C)C)C4=CC[C@@]3(C=CO1)C2. The quantitative estimate of drug-likeness (QED) is 0.247. The Hall–Kier alpha value is -0.670. The van der Waals surface area contributed by atoms with Crippen molar-refractivity contribution in [3.63, 3.8) is 0 Å². The Bertz CT molecular complexity index is 1300. The smallest absolute Gasteiger partial charge is 0.112 e. The van der Waals surface area contributed by atoms with Gasteiger partial charge >= 0.3 is 0 Å². The van der Waals surface area contributed by atoms with Gasteiger partial charge in [-0.3, -0.25) is 0 Å². The fraction of sp³-hybridized carbons (Fsp3) is 0.857. The maximum Gasteiger partial charge on any atom is 0.112 e. The fourth-order valence-electron chi connectivity index (χ4n) is 13.3. The maximum atomic E-state index is 6.68. The van der Waals surface area contributed by atoms with Gasteiger partial charge < -0.3 is 9.64 Å². The molecular formula is C42H67NOS. The highest BCUT2D eigenvalue weighted by atomic mass is 32.2. The van der Waals surface area contributed by atoms with Crippen LogP contribution >= 0.6 is 11.8 Å². The molecule has 0 aromatic rings. The summed E-state index contributed by atoms with van der Waals surface area (Å²) in [4.78, 5) is 4.40. The third kappa shape index (κ3) is 4.10. The van der Waals surface area contributed by atoms with E-state index in [4.69, 9.17) is 4.74 Å². The number of thioether (sulfide) groups is 1. The monoisotopic (exact) mass is 633 g/mol. The predicted molar refractivity (Wildman–Crippen MR) is 193 cm³/mol. The number of rotatable bonds is 8. The Balaban J connectivity index is 1.28. The minimum absolute atomic E-state index is 0.0163.